The predicted octanol–water partition coefficient (Wildman–Crippen LogP) is 3.43. The van der Waals surface area contributed by atoms with Gasteiger partial charge in [-0.1, -0.05) is 12.1 Å². The van der Waals surface area contributed by atoms with Gasteiger partial charge in [0.05, 0.1) is 0 Å². The van der Waals surface area contributed by atoms with Gasteiger partial charge in [0.1, 0.15) is 5.58 Å². The second-order valence-electron chi connectivity index (χ2n) is 7.51. The van der Waals surface area contributed by atoms with E-state index in [1.54, 1.807) is 0 Å². The Hall–Kier alpha value is -1.81. The Morgan fingerprint density at radius 2 is 1.71 bits per heavy atom. The van der Waals surface area contributed by atoms with Gasteiger partial charge in [0, 0.05) is 24.0 Å². The first-order chi connectivity index (χ1) is 11.6. The van der Waals surface area contributed by atoms with Gasteiger partial charge in [-0.15, -0.1) is 0 Å². The molecule has 4 heteroatoms. The van der Waals surface area contributed by atoms with E-state index in [1.165, 1.54) is 5.56 Å². The third-order valence-electron chi connectivity index (χ3n) is 5.98. The van der Waals surface area contributed by atoms with Crippen molar-refractivity contribution in [3.8, 4) is 0 Å². The molecule has 24 heavy (non-hydrogen) atoms. The Kier molecular flexibility index (Phi) is 3.87. The van der Waals surface area contributed by atoms with E-state index in [9.17, 15) is 4.79 Å². The highest BCUT2D eigenvalue weighted by Crippen LogP contribution is 2.33. The van der Waals surface area contributed by atoms with Crippen LogP contribution in [0.1, 0.15) is 40.1 Å². The zero-order valence-corrected chi connectivity index (χ0v) is 14.8. The summed E-state index contributed by atoms with van der Waals surface area (Å²) >= 11 is 0. The van der Waals surface area contributed by atoms with Crippen LogP contribution in [0, 0.1) is 32.6 Å². The lowest BCUT2D eigenvalue weighted by molar-refractivity contribution is 0.0728. The van der Waals surface area contributed by atoms with Gasteiger partial charge in [0.25, 0.3) is 5.91 Å². The SMILES string of the molecule is Cc1ccc(C)c2c(C)c(C(=O)N3CC[C@@H]4CNC[C@@H]4CC3)oc12. The molecule has 2 aromatic rings. The third-order valence-corrected chi connectivity index (χ3v) is 5.98. The first-order valence-corrected chi connectivity index (χ1v) is 9.05. The van der Waals surface area contributed by atoms with Crippen molar-refractivity contribution in [3.63, 3.8) is 0 Å². The first kappa shape index (κ1) is 15.7. The zero-order valence-electron chi connectivity index (χ0n) is 14.8. The van der Waals surface area contributed by atoms with Crippen LogP contribution in [0.25, 0.3) is 11.0 Å². The number of nitrogens with zero attached hydrogens (tertiary/aromatic N) is 1. The molecular formula is C20H26N2O2. The number of nitrogens with one attached hydrogen (secondary N) is 1. The Labute approximate surface area is 143 Å². The molecule has 1 aromatic heterocycles. The molecule has 2 saturated heterocycles. The van der Waals surface area contributed by atoms with Crippen molar-refractivity contribution in [1.29, 1.82) is 0 Å². The van der Waals surface area contributed by atoms with Gasteiger partial charge in [-0.25, -0.2) is 0 Å². The topological polar surface area (TPSA) is 45.5 Å². The second kappa shape index (κ2) is 5.92. The number of benzene rings is 1. The van der Waals surface area contributed by atoms with E-state index in [0.29, 0.717) is 5.76 Å². The quantitative estimate of drug-likeness (QED) is 0.873. The van der Waals surface area contributed by atoms with Gasteiger partial charge >= 0.3 is 0 Å². The summed E-state index contributed by atoms with van der Waals surface area (Å²) in [6.45, 7) is 10.0. The summed E-state index contributed by atoms with van der Waals surface area (Å²) < 4.78 is 6.06. The summed E-state index contributed by atoms with van der Waals surface area (Å²) in [6.07, 6.45) is 2.20. The summed E-state index contributed by atoms with van der Waals surface area (Å²) in [5, 5.41) is 4.59. The number of hydrogen-bond acceptors (Lipinski definition) is 3. The van der Waals surface area contributed by atoms with Crippen LogP contribution < -0.4 is 5.32 Å². The van der Waals surface area contributed by atoms with Crippen LogP contribution in [0.3, 0.4) is 0 Å². The number of carbonyl (C=O) groups is 1. The van der Waals surface area contributed by atoms with Gasteiger partial charge in [0.2, 0.25) is 0 Å². The van der Waals surface area contributed by atoms with Crippen LogP contribution in [0.5, 0.6) is 0 Å². The lowest BCUT2D eigenvalue weighted by Gasteiger charge is -2.20. The molecule has 0 radical (unpaired) electrons. The molecule has 2 aliphatic heterocycles. The molecule has 1 N–H and O–H groups in total. The minimum atomic E-state index is 0.0652. The number of hydrogen-bond donors (Lipinski definition) is 1. The number of fused-ring (bicyclic) bond motifs is 2. The largest absolute Gasteiger partial charge is 0.450 e. The molecule has 2 aliphatic rings. The molecule has 128 valence electrons. The molecule has 1 aromatic carbocycles. The smallest absolute Gasteiger partial charge is 0.289 e. The Bertz CT molecular complexity index is 779. The molecule has 2 atom stereocenters. The fourth-order valence-electron chi connectivity index (χ4n) is 4.44. The lowest BCUT2D eigenvalue weighted by atomic mass is 9.92. The predicted molar refractivity (Wildman–Crippen MR) is 95.4 cm³/mol. The number of rotatable bonds is 1. The van der Waals surface area contributed by atoms with E-state index in [-0.39, 0.29) is 5.91 Å². The summed E-state index contributed by atoms with van der Waals surface area (Å²) in [5.74, 6) is 2.05. The van der Waals surface area contributed by atoms with Crippen LogP contribution in [0.4, 0.5) is 0 Å². The number of likely N-dealkylation sites (tertiary alicyclic amines) is 1. The molecule has 0 unspecified atom stereocenters. The van der Waals surface area contributed by atoms with Crippen molar-refractivity contribution in [2.45, 2.75) is 33.6 Å². The highest BCUT2D eigenvalue weighted by atomic mass is 16.3. The van der Waals surface area contributed by atoms with E-state index < -0.39 is 0 Å². The lowest BCUT2D eigenvalue weighted by Crippen LogP contribution is -2.32. The van der Waals surface area contributed by atoms with Crippen LogP contribution in [0.2, 0.25) is 0 Å². The Morgan fingerprint density at radius 3 is 2.33 bits per heavy atom. The minimum Gasteiger partial charge on any atom is -0.450 e. The van der Waals surface area contributed by atoms with Crippen LogP contribution >= 0.6 is 0 Å². The third kappa shape index (κ3) is 2.44. The highest BCUT2D eigenvalue weighted by Gasteiger charge is 2.33. The second-order valence-corrected chi connectivity index (χ2v) is 7.51. The fourth-order valence-corrected chi connectivity index (χ4v) is 4.44. The van der Waals surface area contributed by atoms with E-state index in [4.69, 9.17) is 4.42 Å². The van der Waals surface area contributed by atoms with Crippen molar-refractivity contribution in [3.05, 3.63) is 34.6 Å². The first-order valence-electron chi connectivity index (χ1n) is 9.05. The number of furan rings is 1. The maximum absolute atomic E-state index is 13.1. The molecule has 0 bridgehead atoms. The normalized spacial score (nSPS) is 24.2. The summed E-state index contributed by atoms with van der Waals surface area (Å²) in [5.41, 5.74) is 4.12. The van der Waals surface area contributed by atoms with Gasteiger partial charge < -0.3 is 14.6 Å². The molecule has 2 fully saturated rings. The summed E-state index contributed by atoms with van der Waals surface area (Å²) in [6, 6.07) is 4.17. The van der Waals surface area contributed by atoms with Crippen molar-refractivity contribution < 1.29 is 9.21 Å². The average Bonchev–Trinajstić information content (AvgIpc) is 3.10. The van der Waals surface area contributed by atoms with Gasteiger partial charge in [-0.2, -0.15) is 0 Å². The molecule has 4 rings (SSSR count). The van der Waals surface area contributed by atoms with E-state index in [0.717, 1.165) is 73.0 Å². The van der Waals surface area contributed by atoms with Gasteiger partial charge in [-0.3, -0.25) is 4.79 Å². The molecule has 0 spiro atoms. The average molecular weight is 326 g/mol. The van der Waals surface area contributed by atoms with Crippen LogP contribution in [-0.4, -0.2) is 37.0 Å². The van der Waals surface area contributed by atoms with Crippen molar-refractivity contribution in [2.75, 3.05) is 26.2 Å². The van der Waals surface area contributed by atoms with Crippen molar-refractivity contribution >= 4 is 16.9 Å². The molecular weight excluding hydrogens is 300 g/mol. The highest BCUT2D eigenvalue weighted by molar-refractivity contribution is 6.00. The molecule has 0 saturated carbocycles. The van der Waals surface area contributed by atoms with Crippen LogP contribution in [-0.2, 0) is 0 Å². The standard InChI is InChI=1S/C20H26N2O2/c1-12-4-5-13(2)18-17(12)14(3)19(24-18)20(23)22-8-6-15-10-21-11-16(15)7-9-22/h4-5,15-16,21H,6-11H2,1-3H3/t15-,16+. The van der Waals surface area contributed by atoms with E-state index >= 15 is 0 Å². The molecule has 0 aliphatic carbocycles. The molecule has 1 amide bonds. The minimum absolute atomic E-state index is 0.0652. The summed E-state index contributed by atoms with van der Waals surface area (Å²) in [7, 11) is 0. The maximum Gasteiger partial charge on any atom is 0.289 e. The number of aryl methyl sites for hydroxylation is 3. The molecule has 3 heterocycles. The van der Waals surface area contributed by atoms with E-state index in [2.05, 4.69) is 24.4 Å². The van der Waals surface area contributed by atoms with Gasteiger partial charge in [-0.05, 0) is 69.7 Å². The van der Waals surface area contributed by atoms with Crippen molar-refractivity contribution in [1.82, 2.24) is 10.2 Å². The Morgan fingerprint density at radius 1 is 1.08 bits per heavy atom. The summed E-state index contributed by atoms with van der Waals surface area (Å²) in [4.78, 5) is 15.1. The fraction of sp³-hybridized carbons (Fsp3) is 0.550. The molecule has 4 nitrogen and oxygen atoms in total. The van der Waals surface area contributed by atoms with Crippen LogP contribution in [0.15, 0.2) is 16.5 Å². The number of amides is 1. The van der Waals surface area contributed by atoms with Crippen molar-refractivity contribution in [2.24, 2.45) is 11.8 Å². The number of carbonyl (C=O) groups excluding carboxylic acids is 1. The monoisotopic (exact) mass is 326 g/mol. The maximum atomic E-state index is 13.1. The van der Waals surface area contributed by atoms with E-state index in [1.807, 2.05) is 18.7 Å². The van der Waals surface area contributed by atoms with Gasteiger partial charge in [0.15, 0.2) is 5.76 Å². The Balaban J connectivity index is 1.65. The zero-order chi connectivity index (χ0) is 16.8.